The standard InChI is InChI=1S/C28H24N4O8/c1-3-39-24-14-18(9-12-23(24)40-16-25(33)29-19-10-7-17(2)8-11-19)13-22-26(34)30-28(36)31(27(22)35)20-5-4-6-21(15-20)32(37)38/h4-15H,3,16H2,1-2H3,(H,29,33)(H,30,34,36)/b22-13+. The van der Waals surface area contributed by atoms with Crippen LogP contribution in [0.1, 0.15) is 18.1 Å². The largest absolute Gasteiger partial charge is 0.490 e. The minimum Gasteiger partial charge on any atom is -0.490 e. The Morgan fingerprint density at radius 1 is 1.02 bits per heavy atom. The number of ether oxygens (including phenoxy) is 2. The SMILES string of the molecule is CCOc1cc(/C=C2\C(=O)NC(=O)N(c3cccc([N+](=O)[O-])c3)C2=O)ccc1OCC(=O)Nc1ccc(C)cc1. The van der Waals surface area contributed by atoms with Gasteiger partial charge in [0.15, 0.2) is 18.1 Å². The van der Waals surface area contributed by atoms with E-state index in [-0.39, 0.29) is 47.6 Å². The summed E-state index contributed by atoms with van der Waals surface area (Å²) in [4.78, 5) is 61.6. The summed E-state index contributed by atoms with van der Waals surface area (Å²) in [5, 5.41) is 15.9. The molecule has 40 heavy (non-hydrogen) atoms. The van der Waals surface area contributed by atoms with Gasteiger partial charge in [-0.1, -0.05) is 29.8 Å². The first-order valence-corrected chi connectivity index (χ1v) is 12.1. The molecule has 0 unspecified atom stereocenters. The molecule has 1 heterocycles. The fraction of sp³-hybridized carbons (Fsp3) is 0.143. The number of imide groups is 2. The first-order chi connectivity index (χ1) is 19.2. The highest BCUT2D eigenvalue weighted by Crippen LogP contribution is 2.31. The van der Waals surface area contributed by atoms with Crippen LogP contribution in [0.25, 0.3) is 6.08 Å². The van der Waals surface area contributed by atoms with Crippen LogP contribution in [0.3, 0.4) is 0 Å². The molecule has 0 spiro atoms. The molecule has 3 aromatic carbocycles. The average molecular weight is 545 g/mol. The van der Waals surface area contributed by atoms with E-state index in [1.807, 2.05) is 19.1 Å². The van der Waals surface area contributed by atoms with Crippen LogP contribution >= 0.6 is 0 Å². The Labute approximate surface area is 228 Å². The van der Waals surface area contributed by atoms with Gasteiger partial charge in [0.2, 0.25) is 0 Å². The molecule has 1 saturated heterocycles. The highest BCUT2D eigenvalue weighted by Gasteiger charge is 2.37. The van der Waals surface area contributed by atoms with E-state index in [1.54, 1.807) is 19.1 Å². The second-order valence-electron chi connectivity index (χ2n) is 8.58. The van der Waals surface area contributed by atoms with Gasteiger partial charge in [0, 0.05) is 17.8 Å². The molecular formula is C28H24N4O8. The van der Waals surface area contributed by atoms with Crippen LogP contribution < -0.4 is 25.0 Å². The summed E-state index contributed by atoms with van der Waals surface area (Å²) in [7, 11) is 0. The fourth-order valence-electron chi connectivity index (χ4n) is 3.78. The van der Waals surface area contributed by atoms with Gasteiger partial charge in [-0.15, -0.1) is 0 Å². The summed E-state index contributed by atoms with van der Waals surface area (Å²) in [6, 6.07) is 15.8. The van der Waals surface area contributed by atoms with Crippen LogP contribution in [0.2, 0.25) is 0 Å². The number of non-ortho nitro benzene ring substituents is 1. The van der Waals surface area contributed by atoms with Gasteiger partial charge in [0.25, 0.3) is 23.4 Å². The molecule has 0 atom stereocenters. The van der Waals surface area contributed by atoms with E-state index in [1.165, 1.54) is 42.5 Å². The van der Waals surface area contributed by atoms with Crippen molar-refractivity contribution in [3.63, 3.8) is 0 Å². The van der Waals surface area contributed by atoms with Crippen LogP contribution in [-0.4, -0.2) is 41.9 Å². The molecule has 3 aromatic rings. The Hall–Kier alpha value is -5.52. The molecule has 2 N–H and O–H groups in total. The molecule has 1 aliphatic heterocycles. The van der Waals surface area contributed by atoms with E-state index < -0.39 is 22.8 Å². The molecule has 0 radical (unpaired) electrons. The molecule has 0 aliphatic carbocycles. The summed E-state index contributed by atoms with van der Waals surface area (Å²) < 4.78 is 11.3. The second-order valence-corrected chi connectivity index (χ2v) is 8.58. The molecule has 0 saturated carbocycles. The zero-order valence-electron chi connectivity index (χ0n) is 21.5. The Kier molecular flexibility index (Phi) is 8.19. The number of urea groups is 1. The van der Waals surface area contributed by atoms with Crippen molar-refractivity contribution >= 4 is 46.9 Å². The number of rotatable bonds is 9. The Bertz CT molecular complexity index is 1530. The van der Waals surface area contributed by atoms with Gasteiger partial charge in [-0.05, 0) is 55.8 Å². The van der Waals surface area contributed by atoms with E-state index in [4.69, 9.17) is 9.47 Å². The number of benzene rings is 3. The Morgan fingerprint density at radius 3 is 2.48 bits per heavy atom. The van der Waals surface area contributed by atoms with Crippen LogP contribution in [0.5, 0.6) is 11.5 Å². The number of aryl methyl sites for hydroxylation is 1. The molecule has 204 valence electrons. The Balaban J connectivity index is 1.54. The van der Waals surface area contributed by atoms with Crippen molar-refractivity contribution < 1.29 is 33.6 Å². The maximum atomic E-state index is 13.2. The van der Waals surface area contributed by atoms with Gasteiger partial charge >= 0.3 is 6.03 Å². The monoisotopic (exact) mass is 544 g/mol. The lowest BCUT2D eigenvalue weighted by Gasteiger charge is -2.26. The molecule has 0 bridgehead atoms. The molecule has 12 heteroatoms. The summed E-state index contributed by atoms with van der Waals surface area (Å²) in [5.41, 5.74) is 1.27. The molecule has 1 aliphatic rings. The number of nitro groups is 1. The molecule has 12 nitrogen and oxygen atoms in total. The van der Waals surface area contributed by atoms with Crippen molar-refractivity contribution in [1.82, 2.24) is 5.32 Å². The lowest BCUT2D eigenvalue weighted by molar-refractivity contribution is -0.384. The van der Waals surface area contributed by atoms with Crippen molar-refractivity contribution in [2.45, 2.75) is 13.8 Å². The average Bonchev–Trinajstić information content (AvgIpc) is 2.92. The number of hydrogen-bond donors (Lipinski definition) is 2. The number of amides is 5. The summed E-state index contributed by atoms with van der Waals surface area (Å²) >= 11 is 0. The minimum atomic E-state index is -1.03. The van der Waals surface area contributed by atoms with Gasteiger partial charge in [-0.3, -0.25) is 29.8 Å². The van der Waals surface area contributed by atoms with Crippen LogP contribution in [0, 0.1) is 17.0 Å². The zero-order chi connectivity index (χ0) is 28.8. The fourth-order valence-corrected chi connectivity index (χ4v) is 3.78. The molecular weight excluding hydrogens is 520 g/mol. The maximum Gasteiger partial charge on any atom is 0.335 e. The summed E-state index contributed by atoms with van der Waals surface area (Å²) in [5.74, 6) is -1.75. The smallest absolute Gasteiger partial charge is 0.335 e. The zero-order valence-corrected chi connectivity index (χ0v) is 21.5. The predicted molar refractivity (Wildman–Crippen MR) is 145 cm³/mol. The van der Waals surface area contributed by atoms with Crippen LogP contribution in [0.4, 0.5) is 21.9 Å². The number of nitro benzene ring substituents is 1. The quantitative estimate of drug-likeness (QED) is 0.177. The van der Waals surface area contributed by atoms with Crippen LogP contribution in [0.15, 0.2) is 72.3 Å². The third kappa shape index (κ3) is 6.30. The predicted octanol–water partition coefficient (Wildman–Crippen LogP) is 3.99. The lowest BCUT2D eigenvalue weighted by atomic mass is 10.1. The van der Waals surface area contributed by atoms with Gasteiger partial charge in [0.05, 0.1) is 17.2 Å². The number of nitrogens with zero attached hydrogens (tertiary/aromatic N) is 2. The topological polar surface area (TPSA) is 157 Å². The van der Waals surface area contributed by atoms with Crippen molar-refractivity contribution in [1.29, 1.82) is 0 Å². The number of carbonyl (C=O) groups is 4. The van der Waals surface area contributed by atoms with Crippen molar-refractivity contribution in [3.8, 4) is 11.5 Å². The molecule has 0 aromatic heterocycles. The number of anilines is 2. The van der Waals surface area contributed by atoms with E-state index >= 15 is 0 Å². The van der Waals surface area contributed by atoms with E-state index in [0.29, 0.717) is 16.2 Å². The van der Waals surface area contributed by atoms with E-state index in [2.05, 4.69) is 10.6 Å². The first kappa shape index (κ1) is 27.5. The van der Waals surface area contributed by atoms with E-state index in [0.717, 1.165) is 11.6 Å². The van der Waals surface area contributed by atoms with Crippen LogP contribution in [-0.2, 0) is 14.4 Å². The highest BCUT2D eigenvalue weighted by molar-refractivity contribution is 6.39. The summed E-state index contributed by atoms with van der Waals surface area (Å²) in [6.45, 7) is 3.66. The number of nitrogens with one attached hydrogen (secondary N) is 2. The number of carbonyl (C=O) groups excluding carboxylic acids is 4. The lowest BCUT2D eigenvalue weighted by Crippen LogP contribution is -2.54. The first-order valence-electron chi connectivity index (χ1n) is 12.1. The van der Waals surface area contributed by atoms with Gasteiger partial charge in [-0.2, -0.15) is 0 Å². The molecule has 1 fully saturated rings. The minimum absolute atomic E-state index is 0.0715. The highest BCUT2D eigenvalue weighted by atomic mass is 16.6. The van der Waals surface area contributed by atoms with Crippen molar-refractivity contribution in [3.05, 3.63) is 93.5 Å². The Morgan fingerprint density at radius 2 is 1.77 bits per heavy atom. The van der Waals surface area contributed by atoms with E-state index in [9.17, 15) is 29.3 Å². The number of hydrogen-bond acceptors (Lipinski definition) is 8. The van der Waals surface area contributed by atoms with Gasteiger partial charge < -0.3 is 14.8 Å². The third-order valence-electron chi connectivity index (χ3n) is 5.67. The normalized spacial score (nSPS) is 14.1. The molecule has 5 amide bonds. The summed E-state index contributed by atoms with van der Waals surface area (Å²) in [6.07, 6.45) is 1.25. The molecule has 4 rings (SSSR count). The van der Waals surface area contributed by atoms with Gasteiger partial charge in [-0.25, -0.2) is 9.69 Å². The second kappa shape index (κ2) is 11.9. The van der Waals surface area contributed by atoms with Crippen molar-refractivity contribution in [2.75, 3.05) is 23.4 Å². The maximum absolute atomic E-state index is 13.2. The third-order valence-corrected chi connectivity index (χ3v) is 5.67. The van der Waals surface area contributed by atoms with Gasteiger partial charge in [0.1, 0.15) is 5.57 Å². The van der Waals surface area contributed by atoms with Crippen molar-refractivity contribution in [2.24, 2.45) is 0 Å². The number of barbiturate groups is 1.